The van der Waals surface area contributed by atoms with E-state index in [9.17, 15) is 4.79 Å². The van der Waals surface area contributed by atoms with Gasteiger partial charge in [0.05, 0.1) is 12.2 Å². The van der Waals surface area contributed by atoms with E-state index in [0.29, 0.717) is 28.7 Å². The number of amides is 1. The number of aryl methyl sites for hydroxylation is 2. The van der Waals surface area contributed by atoms with Gasteiger partial charge >= 0.3 is 0 Å². The molecule has 0 saturated heterocycles. The Morgan fingerprint density at radius 3 is 2.72 bits per heavy atom. The second-order valence-corrected chi connectivity index (χ2v) is 4.32. The summed E-state index contributed by atoms with van der Waals surface area (Å²) in [6.07, 6.45) is 0. The number of hydrogen-bond donors (Lipinski definition) is 1. The number of aromatic nitrogens is 2. The summed E-state index contributed by atoms with van der Waals surface area (Å²) < 4.78 is 4.99. The van der Waals surface area contributed by atoms with Gasteiger partial charge in [-0.1, -0.05) is 16.8 Å². The van der Waals surface area contributed by atoms with Gasteiger partial charge in [0.1, 0.15) is 5.15 Å². The Morgan fingerprint density at radius 2 is 2.11 bits per heavy atom. The summed E-state index contributed by atoms with van der Waals surface area (Å²) in [6, 6.07) is 4.97. The van der Waals surface area contributed by atoms with E-state index < -0.39 is 0 Å². The fourth-order valence-electron chi connectivity index (χ4n) is 1.53. The highest BCUT2D eigenvalue weighted by Crippen LogP contribution is 2.10. The smallest absolute Gasteiger partial charge is 0.251 e. The lowest BCUT2D eigenvalue weighted by molar-refractivity contribution is 0.0947. The SMILES string of the molecule is Cc1cc(CNC(=O)c2cc(C)nc(Cl)c2)on1. The van der Waals surface area contributed by atoms with Gasteiger partial charge in [0.25, 0.3) is 5.91 Å². The van der Waals surface area contributed by atoms with E-state index in [1.165, 1.54) is 6.07 Å². The van der Waals surface area contributed by atoms with Crippen LogP contribution >= 0.6 is 11.6 Å². The number of hydrogen-bond acceptors (Lipinski definition) is 4. The molecule has 0 unspecified atom stereocenters. The highest BCUT2D eigenvalue weighted by atomic mass is 35.5. The molecule has 6 heteroatoms. The second-order valence-electron chi connectivity index (χ2n) is 3.94. The van der Waals surface area contributed by atoms with Crippen molar-refractivity contribution in [2.45, 2.75) is 20.4 Å². The Labute approximate surface area is 109 Å². The number of nitrogens with one attached hydrogen (secondary N) is 1. The Balaban J connectivity index is 2.03. The van der Waals surface area contributed by atoms with Gasteiger partial charge in [-0.3, -0.25) is 4.79 Å². The molecule has 0 aliphatic carbocycles. The van der Waals surface area contributed by atoms with Gasteiger partial charge in [0.15, 0.2) is 5.76 Å². The predicted octanol–water partition coefficient (Wildman–Crippen LogP) is 2.27. The Morgan fingerprint density at radius 1 is 1.33 bits per heavy atom. The number of carbonyl (C=O) groups is 1. The minimum atomic E-state index is -0.226. The van der Waals surface area contributed by atoms with Crippen LogP contribution in [0, 0.1) is 13.8 Å². The molecule has 2 rings (SSSR count). The standard InChI is InChI=1S/C12H12ClN3O2/c1-7-3-9(5-11(13)15-7)12(17)14-6-10-4-8(2)16-18-10/h3-5H,6H2,1-2H3,(H,14,17). The quantitative estimate of drug-likeness (QED) is 0.865. The lowest BCUT2D eigenvalue weighted by Gasteiger charge is -2.04. The zero-order valence-corrected chi connectivity index (χ0v) is 10.8. The van der Waals surface area contributed by atoms with Crippen LogP contribution in [0.25, 0.3) is 0 Å². The molecule has 2 heterocycles. The molecule has 0 saturated carbocycles. The molecule has 18 heavy (non-hydrogen) atoms. The van der Waals surface area contributed by atoms with Crippen LogP contribution in [-0.2, 0) is 6.54 Å². The topological polar surface area (TPSA) is 68.0 Å². The fourth-order valence-corrected chi connectivity index (χ4v) is 1.78. The summed E-state index contributed by atoms with van der Waals surface area (Å²) in [7, 11) is 0. The van der Waals surface area contributed by atoms with E-state index >= 15 is 0 Å². The van der Waals surface area contributed by atoms with Crippen molar-refractivity contribution >= 4 is 17.5 Å². The van der Waals surface area contributed by atoms with Gasteiger partial charge in [-0.05, 0) is 26.0 Å². The maximum Gasteiger partial charge on any atom is 0.251 e. The first kappa shape index (κ1) is 12.6. The number of nitrogens with zero attached hydrogens (tertiary/aromatic N) is 2. The zero-order chi connectivity index (χ0) is 13.1. The summed E-state index contributed by atoms with van der Waals surface area (Å²) in [6.45, 7) is 3.89. The second kappa shape index (κ2) is 5.18. The molecule has 0 atom stereocenters. The molecular formula is C12H12ClN3O2. The average molecular weight is 266 g/mol. The van der Waals surface area contributed by atoms with E-state index in [2.05, 4.69) is 15.5 Å². The van der Waals surface area contributed by atoms with Gasteiger partial charge in [0.2, 0.25) is 0 Å². The minimum Gasteiger partial charge on any atom is -0.359 e. The third-order valence-electron chi connectivity index (χ3n) is 2.28. The number of halogens is 1. The third kappa shape index (κ3) is 3.07. The molecule has 0 radical (unpaired) electrons. The van der Waals surface area contributed by atoms with Crippen molar-refractivity contribution in [1.82, 2.24) is 15.5 Å². The summed E-state index contributed by atoms with van der Waals surface area (Å²) in [5, 5.41) is 6.76. The minimum absolute atomic E-state index is 0.226. The van der Waals surface area contributed by atoms with Crippen molar-refractivity contribution in [2.24, 2.45) is 0 Å². The molecule has 94 valence electrons. The average Bonchev–Trinajstić information content (AvgIpc) is 2.70. The maximum atomic E-state index is 11.9. The molecule has 5 nitrogen and oxygen atoms in total. The van der Waals surface area contributed by atoms with E-state index in [4.69, 9.17) is 16.1 Å². The molecule has 1 amide bonds. The van der Waals surface area contributed by atoms with Crippen LogP contribution in [0.1, 0.15) is 27.5 Å². The van der Waals surface area contributed by atoms with Crippen molar-refractivity contribution in [3.8, 4) is 0 Å². The monoisotopic (exact) mass is 265 g/mol. The first-order valence-electron chi connectivity index (χ1n) is 5.39. The van der Waals surface area contributed by atoms with Gasteiger partial charge in [-0.15, -0.1) is 0 Å². The van der Waals surface area contributed by atoms with Gasteiger partial charge in [-0.2, -0.15) is 0 Å². The van der Waals surface area contributed by atoms with Crippen molar-refractivity contribution in [2.75, 3.05) is 0 Å². The number of pyridine rings is 1. The first-order valence-corrected chi connectivity index (χ1v) is 5.77. The van der Waals surface area contributed by atoms with E-state index in [1.54, 1.807) is 19.1 Å². The molecule has 0 aromatic carbocycles. The van der Waals surface area contributed by atoms with Crippen LogP contribution in [0.4, 0.5) is 0 Å². The molecular weight excluding hydrogens is 254 g/mol. The number of carbonyl (C=O) groups excluding carboxylic acids is 1. The molecule has 0 spiro atoms. The molecule has 0 bridgehead atoms. The summed E-state index contributed by atoms with van der Waals surface area (Å²) in [4.78, 5) is 15.9. The van der Waals surface area contributed by atoms with Crippen LogP contribution in [0.15, 0.2) is 22.7 Å². The van der Waals surface area contributed by atoms with Crippen LogP contribution in [0.3, 0.4) is 0 Å². The van der Waals surface area contributed by atoms with Crippen LogP contribution in [-0.4, -0.2) is 16.0 Å². The van der Waals surface area contributed by atoms with Crippen LogP contribution in [0.5, 0.6) is 0 Å². The third-order valence-corrected chi connectivity index (χ3v) is 2.48. The van der Waals surface area contributed by atoms with E-state index in [-0.39, 0.29) is 5.91 Å². The molecule has 0 aliphatic rings. The first-order chi connectivity index (χ1) is 8.54. The molecule has 2 aromatic rings. The van der Waals surface area contributed by atoms with Gasteiger partial charge in [0, 0.05) is 17.3 Å². The van der Waals surface area contributed by atoms with E-state index in [0.717, 1.165) is 5.69 Å². The van der Waals surface area contributed by atoms with Crippen molar-refractivity contribution < 1.29 is 9.32 Å². The highest BCUT2D eigenvalue weighted by Gasteiger charge is 2.09. The fraction of sp³-hybridized carbons (Fsp3) is 0.250. The molecule has 0 fully saturated rings. The number of rotatable bonds is 3. The molecule has 1 N–H and O–H groups in total. The Hall–Kier alpha value is -1.88. The van der Waals surface area contributed by atoms with Crippen molar-refractivity contribution in [3.63, 3.8) is 0 Å². The van der Waals surface area contributed by atoms with Crippen molar-refractivity contribution in [1.29, 1.82) is 0 Å². The van der Waals surface area contributed by atoms with Gasteiger partial charge in [-0.25, -0.2) is 4.98 Å². The van der Waals surface area contributed by atoms with Crippen molar-refractivity contribution in [3.05, 3.63) is 46.1 Å². The normalized spacial score (nSPS) is 10.4. The largest absolute Gasteiger partial charge is 0.359 e. The Kier molecular flexibility index (Phi) is 3.62. The van der Waals surface area contributed by atoms with Gasteiger partial charge < -0.3 is 9.84 Å². The zero-order valence-electron chi connectivity index (χ0n) is 10.0. The highest BCUT2D eigenvalue weighted by molar-refractivity contribution is 6.29. The van der Waals surface area contributed by atoms with Crippen LogP contribution < -0.4 is 5.32 Å². The summed E-state index contributed by atoms with van der Waals surface area (Å²) in [5.41, 5.74) is 1.95. The molecule has 0 aliphatic heterocycles. The molecule has 2 aromatic heterocycles. The summed E-state index contributed by atoms with van der Waals surface area (Å²) in [5.74, 6) is 0.383. The lowest BCUT2D eigenvalue weighted by atomic mass is 10.2. The lowest BCUT2D eigenvalue weighted by Crippen LogP contribution is -2.22. The van der Waals surface area contributed by atoms with Crippen LogP contribution in [0.2, 0.25) is 5.15 Å². The maximum absolute atomic E-state index is 11.9. The Bertz CT molecular complexity index is 560. The summed E-state index contributed by atoms with van der Waals surface area (Å²) >= 11 is 5.80. The predicted molar refractivity (Wildman–Crippen MR) is 66.4 cm³/mol. The van der Waals surface area contributed by atoms with E-state index in [1.807, 2.05) is 6.92 Å².